The van der Waals surface area contributed by atoms with Crippen molar-refractivity contribution in [1.29, 1.82) is 0 Å². The summed E-state index contributed by atoms with van der Waals surface area (Å²) in [6.07, 6.45) is 2.06. The molecular weight excluding hydrogens is 228 g/mol. The first-order chi connectivity index (χ1) is 8.70. The second-order valence-corrected chi connectivity index (χ2v) is 4.04. The fraction of sp³-hybridized carbons (Fsp3) is 0.286. The molecule has 4 heteroatoms. The summed E-state index contributed by atoms with van der Waals surface area (Å²) in [5.74, 6) is 0.320. The van der Waals surface area contributed by atoms with E-state index in [-0.39, 0.29) is 5.78 Å². The molecule has 0 spiro atoms. The molecule has 0 saturated heterocycles. The Balaban J connectivity index is 2.18. The normalized spacial score (nSPS) is 10.3. The van der Waals surface area contributed by atoms with E-state index in [1.807, 2.05) is 44.2 Å². The van der Waals surface area contributed by atoms with E-state index in [1.54, 1.807) is 6.20 Å². The summed E-state index contributed by atoms with van der Waals surface area (Å²) in [4.78, 5) is 21.7. The van der Waals surface area contributed by atoms with Gasteiger partial charge >= 0.3 is 0 Å². The number of carbonyl (C=O) groups is 1. The molecule has 0 aliphatic heterocycles. The van der Waals surface area contributed by atoms with Crippen LogP contribution >= 0.6 is 0 Å². The van der Waals surface area contributed by atoms with E-state index in [1.165, 1.54) is 4.73 Å². The maximum absolute atomic E-state index is 12.2. The van der Waals surface area contributed by atoms with Crippen molar-refractivity contribution in [2.75, 3.05) is 6.61 Å². The van der Waals surface area contributed by atoms with E-state index in [0.29, 0.717) is 18.9 Å². The topological polar surface area (TPSA) is 44.1 Å². The Morgan fingerprint density at radius 1 is 1.33 bits per heavy atom. The van der Waals surface area contributed by atoms with E-state index < -0.39 is 0 Å². The number of nitrogens with zero attached hydrogens (tertiary/aromatic N) is 2. The molecule has 94 valence electrons. The van der Waals surface area contributed by atoms with Crippen molar-refractivity contribution >= 4 is 5.78 Å². The van der Waals surface area contributed by atoms with Gasteiger partial charge in [-0.2, -0.15) is 4.73 Å². The van der Waals surface area contributed by atoms with Crippen molar-refractivity contribution in [1.82, 2.24) is 9.71 Å². The number of aryl methyl sites for hydroxylation is 1. The van der Waals surface area contributed by atoms with E-state index in [4.69, 9.17) is 4.84 Å². The highest BCUT2D eigenvalue weighted by Crippen LogP contribution is 2.07. The Morgan fingerprint density at radius 2 is 2.06 bits per heavy atom. The van der Waals surface area contributed by atoms with Crippen LogP contribution in [0.3, 0.4) is 0 Å². The van der Waals surface area contributed by atoms with Crippen LogP contribution in [-0.4, -0.2) is 22.1 Å². The van der Waals surface area contributed by atoms with Crippen LogP contribution in [0.4, 0.5) is 0 Å². The van der Waals surface area contributed by atoms with Gasteiger partial charge in [-0.25, -0.2) is 4.98 Å². The molecule has 0 atom stereocenters. The molecule has 0 unspecified atom stereocenters. The van der Waals surface area contributed by atoms with Crippen molar-refractivity contribution in [2.45, 2.75) is 20.3 Å². The Bertz CT molecular complexity index is 532. The summed E-state index contributed by atoms with van der Waals surface area (Å²) >= 11 is 0. The molecule has 0 radical (unpaired) electrons. The van der Waals surface area contributed by atoms with Gasteiger partial charge in [-0.1, -0.05) is 30.3 Å². The molecule has 0 N–H and O–H groups in total. The lowest BCUT2D eigenvalue weighted by Gasteiger charge is -2.06. The van der Waals surface area contributed by atoms with Gasteiger partial charge in [0.25, 0.3) is 0 Å². The van der Waals surface area contributed by atoms with Crippen LogP contribution in [-0.2, 0) is 6.42 Å². The van der Waals surface area contributed by atoms with Crippen LogP contribution in [0, 0.1) is 6.92 Å². The first kappa shape index (κ1) is 12.4. The Hall–Kier alpha value is -2.10. The SMILES string of the molecule is CCOn1cc(C)nc1C(=O)Cc1ccccc1. The summed E-state index contributed by atoms with van der Waals surface area (Å²) in [7, 11) is 0. The summed E-state index contributed by atoms with van der Waals surface area (Å²) < 4.78 is 1.46. The van der Waals surface area contributed by atoms with E-state index in [0.717, 1.165) is 11.3 Å². The van der Waals surface area contributed by atoms with Crippen molar-refractivity contribution in [3.05, 3.63) is 53.6 Å². The number of Topliss-reactive ketones (excluding diaryl/α,β-unsaturated/α-hetero) is 1. The minimum atomic E-state index is -0.0391. The van der Waals surface area contributed by atoms with Crippen LogP contribution < -0.4 is 4.84 Å². The Morgan fingerprint density at radius 3 is 2.72 bits per heavy atom. The van der Waals surface area contributed by atoms with Crippen LogP contribution in [0.1, 0.15) is 28.8 Å². The van der Waals surface area contributed by atoms with Gasteiger partial charge in [-0.3, -0.25) is 4.79 Å². The van der Waals surface area contributed by atoms with Crippen molar-refractivity contribution in [3.63, 3.8) is 0 Å². The van der Waals surface area contributed by atoms with Gasteiger partial charge in [0, 0.05) is 6.42 Å². The summed E-state index contributed by atoms with van der Waals surface area (Å²) in [5, 5.41) is 0. The third-order valence-corrected chi connectivity index (χ3v) is 2.52. The molecule has 2 rings (SSSR count). The lowest BCUT2D eigenvalue weighted by Crippen LogP contribution is -2.18. The predicted molar refractivity (Wildman–Crippen MR) is 68.6 cm³/mol. The molecule has 1 heterocycles. The summed E-state index contributed by atoms with van der Waals surface area (Å²) in [5.41, 5.74) is 1.76. The molecule has 0 aliphatic carbocycles. The quantitative estimate of drug-likeness (QED) is 0.756. The van der Waals surface area contributed by atoms with Crippen molar-refractivity contribution in [3.8, 4) is 0 Å². The predicted octanol–water partition coefficient (Wildman–Crippen LogP) is 2.07. The molecule has 18 heavy (non-hydrogen) atoms. The highest BCUT2D eigenvalue weighted by molar-refractivity contribution is 5.94. The van der Waals surface area contributed by atoms with Crippen LogP contribution in [0.2, 0.25) is 0 Å². The maximum atomic E-state index is 12.2. The third kappa shape index (κ3) is 2.77. The Kier molecular flexibility index (Phi) is 3.77. The summed E-state index contributed by atoms with van der Waals surface area (Å²) in [6, 6.07) is 9.63. The number of hydrogen-bond donors (Lipinski definition) is 0. The number of hydrogen-bond acceptors (Lipinski definition) is 3. The standard InChI is InChI=1S/C14H16N2O2/c1-3-18-16-10-11(2)15-14(16)13(17)9-12-7-5-4-6-8-12/h4-8,10H,3,9H2,1-2H3. The molecule has 1 aromatic heterocycles. The first-order valence-electron chi connectivity index (χ1n) is 5.97. The molecule has 2 aromatic rings. The van der Waals surface area contributed by atoms with Gasteiger partial charge in [0.05, 0.1) is 11.9 Å². The second-order valence-electron chi connectivity index (χ2n) is 4.04. The fourth-order valence-corrected chi connectivity index (χ4v) is 1.76. The number of benzene rings is 1. The number of aromatic nitrogens is 2. The second kappa shape index (κ2) is 5.49. The number of carbonyl (C=O) groups excluding carboxylic acids is 1. The first-order valence-corrected chi connectivity index (χ1v) is 5.97. The van der Waals surface area contributed by atoms with Gasteiger partial charge in [0.2, 0.25) is 11.6 Å². The zero-order chi connectivity index (χ0) is 13.0. The lowest BCUT2D eigenvalue weighted by molar-refractivity contribution is 0.0866. The summed E-state index contributed by atoms with van der Waals surface area (Å²) in [6.45, 7) is 4.22. The van der Waals surface area contributed by atoms with Gasteiger partial charge in [0.1, 0.15) is 6.61 Å². The Labute approximate surface area is 106 Å². The average Bonchev–Trinajstić information content (AvgIpc) is 2.72. The van der Waals surface area contributed by atoms with Gasteiger partial charge < -0.3 is 4.84 Å². The molecular formula is C14H16N2O2. The maximum Gasteiger partial charge on any atom is 0.212 e. The molecule has 0 bridgehead atoms. The van der Waals surface area contributed by atoms with E-state index >= 15 is 0 Å². The third-order valence-electron chi connectivity index (χ3n) is 2.52. The van der Waals surface area contributed by atoms with Crippen molar-refractivity contribution in [2.24, 2.45) is 0 Å². The number of ketones is 1. The molecule has 1 aromatic carbocycles. The zero-order valence-corrected chi connectivity index (χ0v) is 10.6. The average molecular weight is 244 g/mol. The minimum Gasteiger partial charge on any atom is -0.412 e. The van der Waals surface area contributed by atoms with Gasteiger partial charge in [-0.05, 0) is 19.4 Å². The fourth-order valence-electron chi connectivity index (χ4n) is 1.76. The number of imidazole rings is 1. The monoisotopic (exact) mass is 244 g/mol. The highest BCUT2D eigenvalue weighted by Gasteiger charge is 2.15. The zero-order valence-electron chi connectivity index (χ0n) is 10.6. The van der Waals surface area contributed by atoms with Gasteiger partial charge in [0.15, 0.2) is 0 Å². The molecule has 0 aliphatic rings. The van der Waals surface area contributed by atoms with E-state index in [9.17, 15) is 4.79 Å². The van der Waals surface area contributed by atoms with Crippen LogP contribution in [0.15, 0.2) is 36.5 Å². The van der Waals surface area contributed by atoms with Crippen LogP contribution in [0.5, 0.6) is 0 Å². The smallest absolute Gasteiger partial charge is 0.212 e. The minimum absolute atomic E-state index is 0.0391. The molecule has 0 saturated carbocycles. The number of rotatable bonds is 5. The lowest BCUT2D eigenvalue weighted by atomic mass is 10.1. The largest absolute Gasteiger partial charge is 0.412 e. The van der Waals surface area contributed by atoms with Crippen molar-refractivity contribution < 1.29 is 9.63 Å². The van der Waals surface area contributed by atoms with Gasteiger partial charge in [-0.15, -0.1) is 0 Å². The molecule has 0 amide bonds. The van der Waals surface area contributed by atoms with E-state index in [2.05, 4.69) is 4.98 Å². The molecule has 4 nitrogen and oxygen atoms in total. The highest BCUT2D eigenvalue weighted by atomic mass is 16.7. The van der Waals surface area contributed by atoms with Crippen LogP contribution in [0.25, 0.3) is 0 Å². The molecule has 0 fully saturated rings.